The van der Waals surface area contributed by atoms with Gasteiger partial charge in [-0.1, -0.05) is 66.2 Å². The third kappa shape index (κ3) is 5.39. The monoisotopic (exact) mass is 517 g/mol. The molecule has 9 nitrogen and oxygen atoms in total. The maximum Gasteiger partial charge on any atom is 0.296 e. The molecule has 0 spiro atoms. The van der Waals surface area contributed by atoms with Crippen molar-refractivity contribution in [3.8, 4) is 5.69 Å². The van der Waals surface area contributed by atoms with Gasteiger partial charge in [0, 0.05) is 7.05 Å². The van der Waals surface area contributed by atoms with Crippen LogP contribution in [0.15, 0.2) is 99.7 Å². The van der Waals surface area contributed by atoms with Gasteiger partial charge in [0.05, 0.1) is 22.5 Å². The van der Waals surface area contributed by atoms with Crippen LogP contribution in [-0.2, 0) is 21.9 Å². The number of hydrogen-bond donors (Lipinski definition) is 1. The van der Waals surface area contributed by atoms with E-state index in [2.05, 4.69) is 10.5 Å². The van der Waals surface area contributed by atoms with Crippen LogP contribution in [0.1, 0.15) is 16.8 Å². The first-order valence-corrected chi connectivity index (χ1v) is 12.9. The van der Waals surface area contributed by atoms with Crippen molar-refractivity contribution in [2.45, 2.75) is 18.7 Å². The number of para-hydroxylation sites is 1. The Balaban J connectivity index is 1.74. The molecule has 0 saturated carbocycles. The molecule has 3 aromatic carbocycles. The molecular weight excluding hydrogens is 490 g/mol. The molecule has 0 unspecified atom stereocenters. The number of hydrogen-bond acceptors (Lipinski definition) is 5. The molecule has 0 radical (unpaired) electrons. The van der Waals surface area contributed by atoms with Crippen molar-refractivity contribution in [1.82, 2.24) is 14.8 Å². The molecule has 4 rings (SSSR count). The second-order valence-corrected chi connectivity index (χ2v) is 10.3. The molecule has 0 aliphatic heterocycles. The largest absolute Gasteiger partial charge is 0.296 e. The topological polar surface area (TPSA) is 106 Å². The third-order valence-corrected chi connectivity index (χ3v) is 7.60. The Morgan fingerprint density at radius 2 is 1.62 bits per heavy atom. The Bertz CT molecular complexity index is 1610. The van der Waals surface area contributed by atoms with E-state index in [0.717, 1.165) is 15.4 Å². The summed E-state index contributed by atoms with van der Waals surface area (Å²) in [6, 6.07) is 24.1. The highest BCUT2D eigenvalue weighted by atomic mass is 32.2. The normalized spacial score (nSPS) is 11.5. The van der Waals surface area contributed by atoms with Crippen molar-refractivity contribution in [1.29, 1.82) is 0 Å². The van der Waals surface area contributed by atoms with Gasteiger partial charge in [0.1, 0.15) is 12.2 Å². The molecule has 0 aliphatic rings. The number of benzene rings is 3. The average molecular weight is 518 g/mol. The van der Waals surface area contributed by atoms with E-state index in [1.165, 1.54) is 23.0 Å². The SMILES string of the molecule is Cc1cccc(/C=N\NC(=O)CN(c2c(C)n(C)n(-c3ccccc3)c2=O)S(=O)(=O)c2ccccc2)c1. The quantitative estimate of drug-likeness (QED) is 0.286. The standard InChI is InChI=1S/C27H27N5O4S/c1-20-11-10-12-22(17-20)18-28-29-25(33)19-31(37(35,36)24-15-8-5-9-16-24)26-21(2)30(3)32(27(26)34)23-13-6-4-7-14-23/h4-18H,19H2,1-3H3,(H,29,33)/b28-18-. The molecular formula is C27H27N5O4S. The number of amides is 1. The van der Waals surface area contributed by atoms with Crippen LogP contribution in [0.2, 0.25) is 0 Å². The number of carbonyl (C=O) groups is 1. The highest BCUT2D eigenvalue weighted by Crippen LogP contribution is 2.25. The van der Waals surface area contributed by atoms with Gasteiger partial charge < -0.3 is 0 Å². The Labute approximate surface area is 215 Å². The molecule has 0 bridgehead atoms. The number of carbonyl (C=O) groups excluding carboxylic acids is 1. The summed E-state index contributed by atoms with van der Waals surface area (Å²) in [4.78, 5) is 26.5. The molecule has 190 valence electrons. The first kappa shape index (κ1) is 25.6. The van der Waals surface area contributed by atoms with E-state index in [1.54, 1.807) is 61.1 Å². The summed E-state index contributed by atoms with van der Waals surface area (Å²) in [5.74, 6) is -0.697. The van der Waals surface area contributed by atoms with Gasteiger partial charge in [-0.15, -0.1) is 0 Å². The lowest BCUT2D eigenvalue weighted by atomic mass is 10.2. The van der Waals surface area contributed by atoms with Gasteiger partial charge in [0.25, 0.3) is 21.5 Å². The third-order valence-electron chi connectivity index (χ3n) is 5.84. The van der Waals surface area contributed by atoms with Crippen molar-refractivity contribution in [2.75, 3.05) is 10.8 Å². The van der Waals surface area contributed by atoms with Gasteiger partial charge in [-0.2, -0.15) is 5.10 Å². The van der Waals surface area contributed by atoms with Crippen LogP contribution in [0, 0.1) is 13.8 Å². The molecule has 0 saturated heterocycles. The molecule has 37 heavy (non-hydrogen) atoms. The van der Waals surface area contributed by atoms with E-state index in [0.29, 0.717) is 11.4 Å². The molecule has 1 N–H and O–H groups in total. The minimum Gasteiger partial charge on any atom is -0.283 e. The minimum absolute atomic E-state index is 0.0417. The fourth-order valence-corrected chi connectivity index (χ4v) is 5.43. The Morgan fingerprint density at radius 3 is 2.27 bits per heavy atom. The summed E-state index contributed by atoms with van der Waals surface area (Å²) in [7, 11) is -2.61. The van der Waals surface area contributed by atoms with Crippen molar-refractivity contribution < 1.29 is 13.2 Å². The van der Waals surface area contributed by atoms with Crippen LogP contribution in [0.5, 0.6) is 0 Å². The predicted molar refractivity (Wildman–Crippen MR) is 144 cm³/mol. The Kier molecular flexibility index (Phi) is 7.40. The van der Waals surface area contributed by atoms with Crippen LogP contribution in [0.25, 0.3) is 5.69 Å². The average Bonchev–Trinajstić information content (AvgIpc) is 3.11. The lowest BCUT2D eigenvalue weighted by molar-refractivity contribution is -0.119. The first-order valence-electron chi connectivity index (χ1n) is 11.5. The molecule has 1 heterocycles. The zero-order valence-electron chi connectivity index (χ0n) is 20.7. The number of rotatable bonds is 8. The maximum absolute atomic E-state index is 13.7. The first-order chi connectivity index (χ1) is 17.7. The summed E-state index contributed by atoms with van der Waals surface area (Å²) in [6.07, 6.45) is 1.47. The van der Waals surface area contributed by atoms with E-state index < -0.39 is 28.0 Å². The number of hydrazone groups is 1. The van der Waals surface area contributed by atoms with Crippen molar-refractivity contribution in [2.24, 2.45) is 12.1 Å². The molecule has 1 amide bonds. The molecule has 0 atom stereocenters. The predicted octanol–water partition coefficient (Wildman–Crippen LogP) is 3.14. The highest BCUT2D eigenvalue weighted by molar-refractivity contribution is 7.92. The van der Waals surface area contributed by atoms with Gasteiger partial charge in [-0.25, -0.2) is 22.8 Å². The summed E-state index contributed by atoms with van der Waals surface area (Å²) in [6.45, 7) is 2.93. The van der Waals surface area contributed by atoms with Gasteiger partial charge in [0.2, 0.25) is 0 Å². The van der Waals surface area contributed by atoms with E-state index in [1.807, 2.05) is 37.3 Å². The maximum atomic E-state index is 13.7. The zero-order chi connectivity index (χ0) is 26.6. The van der Waals surface area contributed by atoms with Gasteiger partial charge in [-0.05, 0) is 43.7 Å². The Morgan fingerprint density at radius 1 is 0.973 bits per heavy atom. The summed E-state index contributed by atoms with van der Waals surface area (Å²) >= 11 is 0. The summed E-state index contributed by atoms with van der Waals surface area (Å²) in [5, 5.41) is 3.96. The number of sulfonamides is 1. The number of aromatic nitrogens is 2. The molecule has 4 aromatic rings. The molecule has 0 aliphatic carbocycles. The molecule has 0 fully saturated rings. The minimum atomic E-state index is -4.27. The number of nitrogens with zero attached hydrogens (tertiary/aromatic N) is 4. The van der Waals surface area contributed by atoms with E-state index in [9.17, 15) is 18.0 Å². The van der Waals surface area contributed by atoms with Crippen molar-refractivity contribution in [3.05, 3.63) is 112 Å². The van der Waals surface area contributed by atoms with Crippen LogP contribution in [0.4, 0.5) is 5.69 Å². The van der Waals surface area contributed by atoms with Gasteiger partial charge in [-0.3, -0.25) is 14.3 Å². The highest BCUT2D eigenvalue weighted by Gasteiger charge is 2.33. The van der Waals surface area contributed by atoms with E-state index in [-0.39, 0.29) is 10.6 Å². The van der Waals surface area contributed by atoms with Crippen molar-refractivity contribution in [3.63, 3.8) is 0 Å². The fourth-order valence-electron chi connectivity index (χ4n) is 3.94. The van der Waals surface area contributed by atoms with Crippen LogP contribution in [-0.4, -0.2) is 36.4 Å². The summed E-state index contributed by atoms with van der Waals surface area (Å²) in [5.41, 5.74) is 4.44. The van der Waals surface area contributed by atoms with Crippen LogP contribution >= 0.6 is 0 Å². The molecule has 10 heteroatoms. The fraction of sp³-hybridized carbons (Fsp3) is 0.148. The van der Waals surface area contributed by atoms with E-state index >= 15 is 0 Å². The lowest BCUT2D eigenvalue weighted by Gasteiger charge is -2.22. The number of nitrogens with one attached hydrogen (secondary N) is 1. The van der Waals surface area contributed by atoms with E-state index in [4.69, 9.17) is 0 Å². The zero-order valence-corrected chi connectivity index (χ0v) is 21.5. The number of anilines is 1. The van der Waals surface area contributed by atoms with Crippen molar-refractivity contribution >= 4 is 27.8 Å². The smallest absolute Gasteiger partial charge is 0.283 e. The summed E-state index contributed by atoms with van der Waals surface area (Å²) < 4.78 is 31.2. The van der Waals surface area contributed by atoms with Crippen LogP contribution in [0.3, 0.4) is 0 Å². The Hall–Kier alpha value is -4.44. The van der Waals surface area contributed by atoms with Crippen LogP contribution < -0.4 is 15.3 Å². The lowest BCUT2D eigenvalue weighted by Crippen LogP contribution is -2.42. The van der Waals surface area contributed by atoms with Gasteiger partial charge in [0.15, 0.2) is 0 Å². The van der Waals surface area contributed by atoms with Gasteiger partial charge >= 0.3 is 0 Å². The number of aryl methyl sites for hydroxylation is 1. The second kappa shape index (κ2) is 10.7. The molecule has 1 aromatic heterocycles. The second-order valence-electron chi connectivity index (χ2n) is 8.44.